The summed E-state index contributed by atoms with van der Waals surface area (Å²) in [6.07, 6.45) is 1.52. The number of hydrogen-bond donors (Lipinski definition) is 1. The van der Waals surface area contributed by atoms with Gasteiger partial charge < -0.3 is 14.8 Å². The molecule has 1 N–H and O–H groups in total. The molecular weight excluding hydrogens is 416 g/mol. The lowest BCUT2D eigenvalue weighted by Crippen LogP contribution is -2.48. The van der Waals surface area contributed by atoms with E-state index in [2.05, 4.69) is 9.97 Å². The molecule has 2 aromatic carbocycles. The van der Waals surface area contributed by atoms with E-state index in [-0.39, 0.29) is 35.9 Å². The van der Waals surface area contributed by atoms with E-state index in [1.165, 1.54) is 0 Å². The summed E-state index contributed by atoms with van der Waals surface area (Å²) < 4.78 is 0. The molecule has 1 saturated heterocycles. The molecule has 1 aliphatic rings. The average molecular weight is 447 g/mol. The van der Waals surface area contributed by atoms with Gasteiger partial charge in [-0.2, -0.15) is 0 Å². The Morgan fingerprint density at radius 1 is 1.15 bits per heavy atom. The summed E-state index contributed by atoms with van der Waals surface area (Å²) in [5.74, 6) is 0.137. The van der Waals surface area contributed by atoms with Gasteiger partial charge in [-0.1, -0.05) is 29.8 Å². The minimum absolute atomic E-state index is 0.0118. The maximum absolute atomic E-state index is 13.5. The van der Waals surface area contributed by atoms with Gasteiger partial charge in [-0.25, -0.2) is 4.98 Å². The number of benzene rings is 2. The molecule has 0 saturated carbocycles. The van der Waals surface area contributed by atoms with Crippen molar-refractivity contribution in [3.63, 3.8) is 0 Å². The summed E-state index contributed by atoms with van der Waals surface area (Å²) in [6.45, 7) is 7.17. The third kappa shape index (κ3) is 4.97. The minimum Gasteiger partial charge on any atom is -0.338 e. The normalized spacial score (nSPS) is 16.2. The van der Waals surface area contributed by atoms with E-state index < -0.39 is 0 Å². The van der Waals surface area contributed by atoms with E-state index in [0.29, 0.717) is 35.4 Å². The van der Waals surface area contributed by atoms with E-state index in [0.717, 1.165) is 18.4 Å². The van der Waals surface area contributed by atoms with Crippen molar-refractivity contribution < 1.29 is 9.59 Å². The minimum atomic E-state index is -0.275. The Bertz CT molecular complexity index is 1220. The van der Waals surface area contributed by atoms with Crippen molar-refractivity contribution in [1.82, 2.24) is 19.8 Å². The SMILES string of the molecule is Cc1ccc(C(=O)N2CCCC(C(=O)N(Cc3nc4ccccc4c(=O)[nH]3)C(C)C)C2)cc1. The van der Waals surface area contributed by atoms with Gasteiger partial charge in [0.25, 0.3) is 11.5 Å². The van der Waals surface area contributed by atoms with Gasteiger partial charge in [0.05, 0.1) is 23.4 Å². The summed E-state index contributed by atoms with van der Waals surface area (Å²) in [6, 6.07) is 14.6. The Balaban J connectivity index is 1.51. The molecule has 1 unspecified atom stereocenters. The molecule has 0 bridgehead atoms. The van der Waals surface area contributed by atoms with Crippen LogP contribution in [0.3, 0.4) is 0 Å². The average Bonchev–Trinajstić information content (AvgIpc) is 2.82. The molecule has 4 rings (SSSR count). The number of hydrogen-bond acceptors (Lipinski definition) is 4. The van der Waals surface area contributed by atoms with Gasteiger partial charge in [-0.05, 0) is 57.9 Å². The van der Waals surface area contributed by atoms with Crippen LogP contribution in [0.5, 0.6) is 0 Å². The third-order valence-electron chi connectivity index (χ3n) is 6.24. The maximum atomic E-state index is 13.5. The number of para-hydroxylation sites is 1. The fraction of sp³-hybridized carbons (Fsp3) is 0.385. The number of H-pyrrole nitrogens is 1. The second kappa shape index (κ2) is 9.57. The number of aromatic nitrogens is 2. The first-order valence-corrected chi connectivity index (χ1v) is 11.5. The molecule has 7 nitrogen and oxygen atoms in total. The van der Waals surface area contributed by atoms with Gasteiger partial charge in [0.2, 0.25) is 5.91 Å². The molecule has 0 spiro atoms. The van der Waals surface area contributed by atoms with Crippen molar-refractivity contribution in [2.75, 3.05) is 13.1 Å². The Morgan fingerprint density at radius 2 is 1.88 bits per heavy atom. The monoisotopic (exact) mass is 446 g/mol. The first kappa shape index (κ1) is 22.7. The molecule has 1 aromatic heterocycles. The first-order valence-electron chi connectivity index (χ1n) is 11.5. The highest BCUT2D eigenvalue weighted by atomic mass is 16.2. The number of fused-ring (bicyclic) bond motifs is 1. The highest BCUT2D eigenvalue weighted by Crippen LogP contribution is 2.23. The highest BCUT2D eigenvalue weighted by molar-refractivity contribution is 5.94. The van der Waals surface area contributed by atoms with Crippen LogP contribution in [0.25, 0.3) is 10.9 Å². The van der Waals surface area contributed by atoms with Gasteiger partial charge in [-0.15, -0.1) is 0 Å². The number of nitrogens with zero attached hydrogens (tertiary/aromatic N) is 3. The van der Waals surface area contributed by atoms with E-state index in [1.54, 1.807) is 28.0 Å². The molecule has 1 fully saturated rings. The predicted molar refractivity (Wildman–Crippen MR) is 128 cm³/mol. The third-order valence-corrected chi connectivity index (χ3v) is 6.24. The molecule has 0 aliphatic carbocycles. The standard InChI is InChI=1S/C26H30N4O3/c1-17(2)30(16-23-27-22-9-5-4-8-21(22)24(31)28-23)26(33)20-7-6-14-29(15-20)25(32)19-12-10-18(3)11-13-19/h4-5,8-13,17,20H,6-7,14-16H2,1-3H3,(H,27,28,31). The number of likely N-dealkylation sites (tertiary alicyclic amines) is 1. The fourth-order valence-corrected chi connectivity index (χ4v) is 4.36. The Hall–Kier alpha value is -3.48. The zero-order chi connectivity index (χ0) is 23.5. The van der Waals surface area contributed by atoms with Gasteiger partial charge in [0.15, 0.2) is 0 Å². The fourth-order valence-electron chi connectivity index (χ4n) is 4.36. The molecule has 1 aliphatic heterocycles. The maximum Gasteiger partial charge on any atom is 0.258 e. The Kier molecular flexibility index (Phi) is 6.58. The van der Waals surface area contributed by atoms with Crippen LogP contribution >= 0.6 is 0 Å². The van der Waals surface area contributed by atoms with E-state index in [1.807, 2.05) is 51.1 Å². The molecule has 2 amide bonds. The van der Waals surface area contributed by atoms with Crippen LogP contribution in [0.15, 0.2) is 53.3 Å². The van der Waals surface area contributed by atoms with Crippen LogP contribution in [-0.4, -0.2) is 50.7 Å². The van der Waals surface area contributed by atoms with Gasteiger partial charge in [0, 0.05) is 24.7 Å². The molecule has 0 radical (unpaired) electrons. The largest absolute Gasteiger partial charge is 0.338 e. The molecule has 1 atom stereocenters. The summed E-state index contributed by atoms with van der Waals surface area (Å²) in [5, 5.41) is 0.529. The number of aryl methyl sites for hydroxylation is 1. The van der Waals surface area contributed by atoms with Crippen LogP contribution < -0.4 is 5.56 Å². The van der Waals surface area contributed by atoms with Crippen LogP contribution in [0.1, 0.15) is 48.4 Å². The van der Waals surface area contributed by atoms with Gasteiger partial charge in [-0.3, -0.25) is 14.4 Å². The first-order chi connectivity index (χ1) is 15.8. The smallest absolute Gasteiger partial charge is 0.258 e. The Morgan fingerprint density at radius 3 is 2.61 bits per heavy atom. The molecule has 3 aromatic rings. The number of rotatable bonds is 5. The second-order valence-corrected chi connectivity index (χ2v) is 9.05. The number of nitrogens with one attached hydrogen (secondary N) is 1. The summed E-state index contributed by atoms with van der Waals surface area (Å²) in [7, 11) is 0. The summed E-state index contributed by atoms with van der Waals surface area (Å²) in [5.41, 5.74) is 2.15. The summed E-state index contributed by atoms with van der Waals surface area (Å²) in [4.78, 5) is 49.9. The van der Waals surface area contributed by atoms with Crippen LogP contribution in [0.2, 0.25) is 0 Å². The number of piperidine rings is 1. The summed E-state index contributed by atoms with van der Waals surface area (Å²) >= 11 is 0. The molecular formula is C26H30N4O3. The second-order valence-electron chi connectivity index (χ2n) is 9.05. The molecule has 33 heavy (non-hydrogen) atoms. The molecule has 172 valence electrons. The van der Waals surface area contributed by atoms with Gasteiger partial charge in [0.1, 0.15) is 5.82 Å². The molecule has 7 heteroatoms. The zero-order valence-electron chi connectivity index (χ0n) is 19.4. The lowest BCUT2D eigenvalue weighted by Gasteiger charge is -2.36. The highest BCUT2D eigenvalue weighted by Gasteiger charge is 2.33. The number of carbonyl (C=O) groups is 2. The van der Waals surface area contributed by atoms with Crippen molar-refractivity contribution in [3.8, 4) is 0 Å². The van der Waals surface area contributed by atoms with Crippen molar-refractivity contribution in [2.45, 2.75) is 46.2 Å². The van der Waals surface area contributed by atoms with Crippen molar-refractivity contribution in [3.05, 3.63) is 75.8 Å². The van der Waals surface area contributed by atoms with E-state index in [9.17, 15) is 14.4 Å². The van der Waals surface area contributed by atoms with E-state index >= 15 is 0 Å². The van der Waals surface area contributed by atoms with Crippen molar-refractivity contribution >= 4 is 22.7 Å². The van der Waals surface area contributed by atoms with Crippen LogP contribution in [0.4, 0.5) is 0 Å². The van der Waals surface area contributed by atoms with Crippen molar-refractivity contribution in [1.29, 1.82) is 0 Å². The van der Waals surface area contributed by atoms with Crippen LogP contribution in [0, 0.1) is 12.8 Å². The predicted octanol–water partition coefficient (Wildman–Crippen LogP) is 3.52. The Labute approximate surface area is 193 Å². The topological polar surface area (TPSA) is 86.4 Å². The zero-order valence-corrected chi connectivity index (χ0v) is 19.4. The number of aromatic amines is 1. The molecule has 2 heterocycles. The lowest BCUT2D eigenvalue weighted by atomic mass is 9.95. The van der Waals surface area contributed by atoms with E-state index in [4.69, 9.17) is 0 Å². The van der Waals surface area contributed by atoms with Crippen molar-refractivity contribution in [2.24, 2.45) is 5.92 Å². The number of amides is 2. The number of carbonyl (C=O) groups excluding carboxylic acids is 2. The van der Waals surface area contributed by atoms with Crippen LogP contribution in [-0.2, 0) is 11.3 Å². The quantitative estimate of drug-likeness (QED) is 0.650. The van der Waals surface area contributed by atoms with Gasteiger partial charge >= 0.3 is 0 Å². The lowest BCUT2D eigenvalue weighted by molar-refractivity contribution is -0.139.